The lowest BCUT2D eigenvalue weighted by Gasteiger charge is -2.11. The smallest absolute Gasteiger partial charge is 0.255 e. The number of hydrogen-bond acceptors (Lipinski definition) is 2. The van der Waals surface area contributed by atoms with Crippen LogP contribution in [-0.2, 0) is 0 Å². The van der Waals surface area contributed by atoms with Crippen LogP contribution in [0.15, 0.2) is 42.5 Å². The van der Waals surface area contributed by atoms with Gasteiger partial charge in [-0.2, -0.15) is 0 Å². The van der Waals surface area contributed by atoms with Crippen molar-refractivity contribution in [2.24, 2.45) is 0 Å². The molecule has 3 nitrogen and oxygen atoms in total. The number of carbonyl (C=O) groups is 1. The lowest BCUT2D eigenvalue weighted by Crippen LogP contribution is -2.13. The number of rotatable bonds is 4. The molecule has 0 unspecified atom stereocenters. The van der Waals surface area contributed by atoms with Gasteiger partial charge in [0.05, 0.1) is 6.10 Å². The third-order valence-corrected chi connectivity index (χ3v) is 3.41. The minimum atomic E-state index is -0.170. The van der Waals surface area contributed by atoms with E-state index >= 15 is 0 Å². The van der Waals surface area contributed by atoms with Crippen LogP contribution < -0.4 is 10.1 Å². The summed E-state index contributed by atoms with van der Waals surface area (Å²) >= 11 is 6.04. The van der Waals surface area contributed by atoms with Crippen LogP contribution in [0.4, 0.5) is 5.69 Å². The van der Waals surface area contributed by atoms with Crippen LogP contribution in [0.25, 0.3) is 0 Å². The van der Waals surface area contributed by atoms with E-state index in [2.05, 4.69) is 5.32 Å². The summed E-state index contributed by atoms with van der Waals surface area (Å²) in [5.41, 5.74) is 2.15. The monoisotopic (exact) mass is 303 g/mol. The summed E-state index contributed by atoms with van der Waals surface area (Å²) in [5.74, 6) is 0.581. The van der Waals surface area contributed by atoms with Crippen molar-refractivity contribution in [3.63, 3.8) is 0 Å². The molecule has 0 aliphatic carbocycles. The van der Waals surface area contributed by atoms with E-state index in [1.807, 2.05) is 32.9 Å². The first kappa shape index (κ1) is 15.4. The van der Waals surface area contributed by atoms with Crippen LogP contribution in [0.2, 0.25) is 5.02 Å². The Morgan fingerprint density at radius 1 is 1.14 bits per heavy atom. The van der Waals surface area contributed by atoms with Crippen molar-refractivity contribution in [3.05, 3.63) is 58.6 Å². The lowest BCUT2D eigenvalue weighted by atomic mass is 10.1. The molecular formula is C17H18ClNO2. The van der Waals surface area contributed by atoms with Gasteiger partial charge in [-0.05, 0) is 62.7 Å². The fraction of sp³-hybridized carbons (Fsp3) is 0.235. The predicted molar refractivity (Wildman–Crippen MR) is 86.3 cm³/mol. The highest BCUT2D eigenvalue weighted by Gasteiger charge is 2.09. The van der Waals surface area contributed by atoms with E-state index in [-0.39, 0.29) is 12.0 Å². The Bertz CT molecular complexity index is 636. The number of halogens is 1. The Hall–Kier alpha value is -2.00. The quantitative estimate of drug-likeness (QED) is 0.890. The van der Waals surface area contributed by atoms with Crippen molar-refractivity contribution < 1.29 is 9.53 Å². The van der Waals surface area contributed by atoms with Gasteiger partial charge in [-0.25, -0.2) is 0 Å². The molecule has 0 heterocycles. The molecule has 1 N–H and O–H groups in total. The molecule has 0 radical (unpaired) electrons. The Labute approximate surface area is 129 Å². The van der Waals surface area contributed by atoms with E-state index in [1.165, 1.54) is 0 Å². The Kier molecular flexibility index (Phi) is 4.86. The van der Waals surface area contributed by atoms with Gasteiger partial charge in [-0.15, -0.1) is 0 Å². The Balaban J connectivity index is 2.11. The number of nitrogens with one attached hydrogen (secondary N) is 1. The topological polar surface area (TPSA) is 38.3 Å². The predicted octanol–water partition coefficient (Wildman–Crippen LogP) is 4.69. The molecule has 0 aliphatic rings. The first-order valence-electron chi connectivity index (χ1n) is 6.80. The molecule has 110 valence electrons. The number of benzene rings is 2. The van der Waals surface area contributed by atoms with E-state index in [0.717, 1.165) is 17.0 Å². The van der Waals surface area contributed by atoms with Gasteiger partial charge in [0.2, 0.25) is 0 Å². The maximum Gasteiger partial charge on any atom is 0.255 e. The van der Waals surface area contributed by atoms with Gasteiger partial charge in [-0.3, -0.25) is 4.79 Å². The lowest BCUT2D eigenvalue weighted by molar-refractivity contribution is 0.102. The van der Waals surface area contributed by atoms with Crippen LogP contribution >= 0.6 is 11.6 Å². The van der Waals surface area contributed by atoms with E-state index in [9.17, 15) is 4.79 Å². The summed E-state index contributed by atoms with van der Waals surface area (Å²) in [6, 6.07) is 12.5. The molecule has 0 aromatic heterocycles. The minimum absolute atomic E-state index is 0.110. The summed E-state index contributed by atoms with van der Waals surface area (Å²) < 4.78 is 5.55. The van der Waals surface area contributed by atoms with Gasteiger partial charge < -0.3 is 10.1 Å². The van der Waals surface area contributed by atoms with Crippen LogP contribution in [0.1, 0.15) is 29.8 Å². The molecule has 0 spiro atoms. The SMILES string of the molecule is Cc1c(Cl)cccc1NC(=O)c1ccc(OC(C)C)cc1. The zero-order valence-electron chi connectivity index (χ0n) is 12.3. The van der Waals surface area contributed by atoms with Gasteiger partial charge in [0, 0.05) is 16.3 Å². The molecule has 0 saturated heterocycles. The van der Waals surface area contributed by atoms with Crippen LogP contribution in [0.3, 0.4) is 0 Å². The van der Waals surface area contributed by atoms with Gasteiger partial charge in [0.1, 0.15) is 5.75 Å². The molecule has 2 rings (SSSR count). The number of amides is 1. The minimum Gasteiger partial charge on any atom is -0.491 e. The van der Waals surface area contributed by atoms with Crippen molar-refractivity contribution in [2.75, 3.05) is 5.32 Å². The third kappa shape index (κ3) is 3.99. The average Bonchev–Trinajstić information content (AvgIpc) is 2.44. The fourth-order valence-electron chi connectivity index (χ4n) is 1.89. The van der Waals surface area contributed by atoms with E-state index in [1.54, 1.807) is 30.3 Å². The average molecular weight is 304 g/mol. The summed E-state index contributed by atoms with van der Waals surface area (Å²) in [6.45, 7) is 5.79. The summed E-state index contributed by atoms with van der Waals surface area (Å²) in [4.78, 5) is 12.2. The molecule has 2 aromatic carbocycles. The van der Waals surface area contributed by atoms with Crippen molar-refractivity contribution in [3.8, 4) is 5.75 Å². The van der Waals surface area contributed by atoms with Crippen molar-refractivity contribution in [1.82, 2.24) is 0 Å². The molecule has 0 saturated carbocycles. The summed E-state index contributed by atoms with van der Waals surface area (Å²) in [7, 11) is 0. The zero-order chi connectivity index (χ0) is 15.4. The molecule has 4 heteroatoms. The normalized spacial score (nSPS) is 10.5. The Morgan fingerprint density at radius 3 is 2.43 bits per heavy atom. The molecule has 2 aromatic rings. The van der Waals surface area contributed by atoms with E-state index in [0.29, 0.717) is 10.6 Å². The highest BCUT2D eigenvalue weighted by Crippen LogP contribution is 2.23. The molecular weight excluding hydrogens is 286 g/mol. The van der Waals surface area contributed by atoms with Crippen molar-refractivity contribution >= 4 is 23.2 Å². The molecule has 1 amide bonds. The second-order valence-electron chi connectivity index (χ2n) is 5.06. The van der Waals surface area contributed by atoms with Crippen LogP contribution in [0, 0.1) is 6.92 Å². The maximum atomic E-state index is 12.2. The van der Waals surface area contributed by atoms with Gasteiger partial charge in [-0.1, -0.05) is 17.7 Å². The van der Waals surface area contributed by atoms with Crippen molar-refractivity contribution in [1.29, 1.82) is 0 Å². The van der Waals surface area contributed by atoms with Gasteiger partial charge in [0.15, 0.2) is 0 Å². The first-order chi connectivity index (χ1) is 9.97. The number of carbonyl (C=O) groups excluding carboxylic acids is 1. The standard InChI is InChI=1S/C17H18ClNO2/c1-11(2)21-14-9-7-13(8-10-14)17(20)19-16-6-4-5-15(18)12(16)3/h4-11H,1-3H3,(H,19,20). The maximum absolute atomic E-state index is 12.2. The molecule has 0 fully saturated rings. The number of anilines is 1. The number of hydrogen-bond donors (Lipinski definition) is 1. The molecule has 21 heavy (non-hydrogen) atoms. The third-order valence-electron chi connectivity index (χ3n) is 3.00. The summed E-state index contributed by atoms with van der Waals surface area (Å²) in [5, 5.41) is 3.50. The number of ether oxygens (including phenoxy) is 1. The van der Waals surface area contributed by atoms with Crippen LogP contribution in [-0.4, -0.2) is 12.0 Å². The van der Waals surface area contributed by atoms with Gasteiger partial charge in [0.25, 0.3) is 5.91 Å². The fourth-order valence-corrected chi connectivity index (χ4v) is 2.07. The highest BCUT2D eigenvalue weighted by molar-refractivity contribution is 6.31. The second-order valence-corrected chi connectivity index (χ2v) is 5.46. The van der Waals surface area contributed by atoms with E-state index in [4.69, 9.17) is 16.3 Å². The molecule has 0 aliphatic heterocycles. The largest absolute Gasteiger partial charge is 0.491 e. The Morgan fingerprint density at radius 2 is 1.81 bits per heavy atom. The van der Waals surface area contributed by atoms with Crippen molar-refractivity contribution in [2.45, 2.75) is 26.9 Å². The summed E-state index contributed by atoms with van der Waals surface area (Å²) in [6.07, 6.45) is 0.110. The highest BCUT2D eigenvalue weighted by atomic mass is 35.5. The van der Waals surface area contributed by atoms with E-state index < -0.39 is 0 Å². The van der Waals surface area contributed by atoms with Crippen LogP contribution in [0.5, 0.6) is 5.75 Å². The molecule has 0 bridgehead atoms. The zero-order valence-corrected chi connectivity index (χ0v) is 13.1. The molecule has 0 atom stereocenters. The van der Waals surface area contributed by atoms with Gasteiger partial charge >= 0.3 is 0 Å². The first-order valence-corrected chi connectivity index (χ1v) is 7.18. The second kappa shape index (κ2) is 6.64.